The van der Waals surface area contributed by atoms with Crippen molar-refractivity contribution in [2.75, 3.05) is 0 Å². The molecule has 0 aliphatic heterocycles. The average molecular weight is 252 g/mol. The largest absolute Gasteiger partial charge is 0.242 e. The van der Waals surface area contributed by atoms with Crippen LogP contribution < -0.4 is 0 Å². The third-order valence-corrected chi connectivity index (χ3v) is 4.53. The molecular weight excluding hydrogens is 232 g/mol. The minimum Gasteiger partial charge on any atom is -0.242 e. The summed E-state index contributed by atoms with van der Waals surface area (Å²) in [5, 5.41) is 0. The molecule has 2 aromatic rings. The third kappa shape index (κ3) is 2.05. The van der Waals surface area contributed by atoms with Gasteiger partial charge in [-0.25, -0.2) is 9.97 Å². The average Bonchev–Trinajstić information content (AvgIpc) is 3.11. The van der Waals surface area contributed by atoms with Crippen molar-refractivity contribution in [1.29, 1.82) is 0 Å². The Balaban J connectivity index is 2.09. The summed E-state index contributed by atoms with van der Waals surface area (Å²) in [7, 11) is 0. The predicted molar refractivity (Wildman–Crippen MR) is 78.0 cm³/mol. The van der Waals surface area contributed by atoms with Gasteiger partial charge in [0.05, 0.1) is 5.69 Å². The van der Waals surface area contributed by atoms with E-state index >= 15 is 0 Å². The first-order chi connectivity index (χ1) is 9.15. The fraction of sp³-hybridized carbons (Fsp3) is 0.412. The SMILES string of the molecule is CC[C@H]1CC1(C)c1ccccc1-c1cc(C)ncn1. The van der Waals surface area contributed by atoms with Crippen molar-refractivity contribution in [1.82, 2.24) is 9.97 Å². The number of hydrogen-bond donors (Lipinski definition) is 0. The van der Waals surface area contributed by atoms with Crippen molar-refractivity contribution < 1.29 is 0 Å². The molecule has 19 heavy (non-hydrogen) atoms. The molecule has 2 nitrogen and oxygen atoms in total. The van der Waals surface area contributed by atoms with E-state index in [4.69, 9.17) is 0 Å². The first kappa shape index (κ1) is 12.3. The summed E-state index contributed by atoms with van der Waals surface area (Å²) in [6.07, 6.45) is 4.21. The van der Waals surface area contributed by atoms with Gasteiger partial charge in [0, 0.05) is 11.3 Å². The standard InChI is InChI=1S/C17H20N2/c1-4-13-10-17(13,3)15-8-6-5-7-14(15)16-9-12(2)18-11-19-16/h5-9,11,13H,4,10H2,1-3H3/t13-,17?/m0/s1. The monoisotopic (exact) mass is 252 g/mol. The molecule has 1 unspecified atom stereocenters. The Hall–Kier alpha value is -1.70. The molecule has 0 saturated heterocycles. The van der Waals surface area contributed by atoms with Crippen molar-refractivity contribution in [2.24, 2.45) is 5.92 Å². The van der Waals surface area contributed by atoms with Crippen LogP contribution in [0.3, 0.4) is 0 Å². The lowest BCUT2D eigenvalue weighted by Gasteiger charge is -2.16. The minimum atomic E-state index is 0.337. The van der Waals surface area contributed by atoms with E-state index in [1.54, 1.807) is 6.33 Å². The van der Waals surface area contributed by atoms with Crippen LogP contribution in [0.5, 0.6) is 0 Å². The highest BCUT2D eigenvalue weighted by Crippen LogP contribution is 2.57. The summed E-state index contributed by atoms with van der Waals surface area (Å²) in [4.78, 5) is 8.64. The second-order valence-corrected chi connectivity index (χ2v) is 5.82. The van der Waals surface area contributed by atoms with Gasteiger partial charge in [-0.05, 0) is 36.3 Å². The van der Waals surface area contributed by atoms with Gasteiger partial charge >= 0.3 is 0 Å². The number of benzene rings is 1. The van der Waals surface area contributed by atoms with Crippen LogP contribution in [0.2, 0.25) is 0 Å². The fourth-order valence-corrected chi connectivity index (χ4v) is 3.18. The number of nitrogens with zero attached hydrogens (tertiary/aromatic N) is 2. The van der Waals surface area contributed by atoms with Crippen LogP contribution in [0, 0.1) is 12.8 Å². The lowest BCUT2D eigenvalue weighted by molar-refractivity contribution is 0.643. The fourth-order valence-electron chi connectivity index (χ4n) is 3.18. The normalized spacial score (nSPS) is 25.3. The Morgan fingerprint density at radius 1 is 1.26 bits per heavy atom. The first-order valence-electron chi connectivity index (χ1n) is 7.03. The van der Waals surface area contributed by atoms with Crippen LogP contribution in [-0.2, 0) is 5.41 Å². The highest BCUT2D eigenvalue weighted by atomic mass is 14.8. The maximum absolute atomic E-state index is 4.45. The molecule has 0 spiro atoms. The molecule has 98 valence electrons. The summed E-state index contributed by atoms with van der Waals surface area (Å²) in [5.41, 5.74) is 5.12. The molecule has 1 heterocycles. The summed E-state index contributed by atoms with van der Waals surface area (Å²) in [5.74, 6) is 0.816. The van der Waals surface area contributed by atoms with Crippen LogP contribution >= 0.6 is 0 Å². The zero-order valence-electron chi connectivity index (χ0n) is 11.9. The zero-order valence-corrected chi connectivity index (χ0v) is 11.9. The second-order valence-electron chi connectivity index (χ2n) is 5.82. The van der Waals surface area contributed by atoms with Gasteiger partial charge in [0.15, 0.2) is 0 Å². The molecule has 1 aromatic heterocycles. The second kappa shape index (κ2) is 4.44. The minimum absolute atomic E-state index is 0.337. The summed E-state index contributed by atoms with van der Waals surface area (Å²) >= 11 is 0. The molecule has 1 aliphatic rings. The van der Waals surface area contributed by atoms with E-state index in [2.05, 4.69) is 54.1 Å². The molecular formula is C17H20N2. The van der Waals surface area contributed by atoms with Gasteiger partial charge in [-0.3, -0.25) is 0 Å². The Morgan fingerprint density at radius 2 is 2.05 bits per heavy atom. The Kier molecular flexibility index (Phi) is 2.89. The van der Waals surface area contributed by atoms with Gasteiger partial charge in [0.2, 0.25) is 0 Å². The quantitative estimate of drug-likeness (QED) is 0.820. The Labute approximate surface area is 114 Å². The zero-order chi connectivity index (χ0) is 13.5. The molecule has 1 aliphatic carbocycles. The van der Waals surface area contributed by atoms with E-state index < -0.39 is 0 Å². The number of aryl methyl sites for hydroxylation is 1. The highest BCUT2D eigenvalue weighted by molar-refractivity contribution is 5.66. The lowest BCUT2D eigenvalue weighted by Crippen LogP contribution is -2.07. The van der Waals surface area contributed by atoms with Crippen molar-refractivity contribution in [3.05, 3.63) is 47.9 Å². The van der Waals surface area contributed by atoms with Crippen LogP contribution in [0.15, 0.2) is 36.7 Å². The van der Waals surface area contributed by atoms with Crippen molar-refractivity contribution in [3.8, 4) is 11.3 Å². The lowest BCUT2D eigenvalue weighted by atomic mass is 9.89. The van der Waals surface area contributed by atoms with E-state index in [1.807, 2.05) is 6.92 Å². The molecule has 1 aromatic carbocycles. The number of rotatable bonds is 3. The topological polar surface area (TPSA) is 25.8 Å². The van der Waals surface area contributed by atoms with E-state index in [0.29, 0.717) is 5.41 Å². The van der Waals surface area contributed by atoms with Gasteiger partial charge in [0.1, 0.15) is 6.33 Å². The van der Waals surface area contributed by atoms with Crippen molar-refractivity contribution >= 4 is 0 Å². The van der Waals surface area contributed by atoms with Gasteiger partial charge in [-0.2, -0.15) is 0 Å². The van der Waals surface area contributed by atoms with Crippen LogP contribution in [0.4, 0.5) is 0 Å². The molecule has 2 heteroatoms. The molecule has 0 amide bonds. The van der Waals surface area contributed by atoms with Crippen molar-refractivity contribution in [3.63, 3.8) is 0 Å². The first-order valence-corrected chi connectivity index (χ1v) is 7.03. The Bertz CT molecular complexity index is 606. The Morgan fingerprint density at radius 3 is 2.74 bits per heavy atom. The van der Waals surface area contributed by atoms with E-state index in [0.717, 1.165) is 17.3 Å². The van der Waals surface area contributed by atoms with Gasteiger partial charge in [-0.1, -0.05) is 44.5 Å². The molecule has 1 fully saturated rings. The number of aromatic nitrogens is 2. The van der Waals surface area contributed by atoms with Gasteiger partial charge in [0.25, 0.3) is 0 Å². The smallest absolute Gasteiger partial charge is 0.116 e. The molecule has 0 bridgehead atoms. The summed E-state index contributed by atoms with van der Waals surface area (Å²) in [6, 6.07) is 10.8. The molecule has 0 radical (unpaired) electrons. The number of hydrogen-bond acceptors (Lipinski definition) is 2. The van der Waals surface area contributed by atoms with E-state index in [-0.39, 0.29) is 0 Å². The molecule has 1 saturated carbocycles. The third-order valence-electron chi connectivity index (χ3n) is 4.53. The predicted octanol–water partition coefficient (Wildman–Crippen LogP) is 4.14. The molecule has 2 atom stereocenters. The van der Waals surface area contributed by atoms with E-state index in [1.165, 1.54) is 24.0 Å². The van der Waals surface area contributed by atoms with E-state index in [9.17, 15) is 0 Å². The summed E-state index contributed by atoms with van der Waals surface area (Å²) in [6.45, 7) is 6.68. The van der Waals surface area contributed by atoms with Gasteiger partial charge in [-0.15, -0.1) is 0 Å². The maximum Gasteiger partial charge on any atom is 0.116 e. The maximum atomic E-state index is 4.45. The van der Waals surface area contributed by atoms with Crippen molar-refractivity contribution in [2.45, 2.75) is 39.0 Å². The van der Waals surface area contributed by atoms with Crippen LogP contribution in [0.1, 0.15) is 37.9 Å². The van der Waals surface area contributed by atoms with Crippen LogP contribution in [0.25, 0.3) is 11.3 Å². The van der Waals surface area contributed by atoms with Crippen LogP contribution in [-0.4, -0.2) is 9.97 Å². The summed E-state index contributed by atoms with van der Waals surface area (Å²) < 4.78 is 0. The van der Waals surface area contributed by atoms with Gasteiger partial charge < -0.3 is 0 Å². The highest BCUT2D eigenvalue weighted by Gasteiger charge is 2.50. The molecule has 3 rings (SSSR count). The molecule has 0 N–H and O–H groups in total.